The van der Waals surface area contributed by atoms with Crippen molar-refractivity contribution < 1.29 is 23.8 Å². The van der Waals surface area contributed by atoms with Gasteiger partial charge in [0.15, 0.2) is 0 Å². The Morgan fingerprint density at radius 3 is 2.19 bits per heavy atom. The monoisotopic (exact) mass is 433 g/mol. The molecule has 0 aliphatic rings. The van der Waals surface area contributed by atoms with Crippen LogP contribution >= 0.6 is 0 Å². The standard InChI is InChI=1S/C26H27NO5/c1-5-19-15-23(24(26(29)31-4)22(6-2)27-19)32-16-17-11-13-18(14-12-17)20-9-7-8-10-21(20)25(28)30-3/h7-15H,5-6,16H2,1-4H3. The molecule has 0 spiro atoms. The minimum absolute atomic E-state index is 0.277. The van der Waals surface area contributed by atoms with Gasteiger partial charge >= 0.3 is 11.9 Å². The van der Waals surface area contributed by atoms with Gasteiger partial charge < -0.3 is 14.2 Å². The first kappa shape index (κ1) is 23.0. The van der Waals surface area contributed by atoms with Crippen molar-refractivity contribution in [2.75, 3.05) is 14.2 Å². The van der Waals surface area contributed by atoms with Gasteiger partial charge in [0.05, 0.1) is 25.5 Å². The second-order valence-electron chi connectivity index (χ2n) is 7.15. The molecule has 3 aromatic rings. The van der Waals surface area contributed by atoms with E-state index in [2.05, 4.69) is 4.98 Å². The maximum absolute atomic E-state index is 12.4. The van der Waals surface area contributed by atoms with E-state index < -0.39 is 5.97 Å². The summed E-state index contributed by atoms with van der Waals surface area (Å²) in [6, 6.07) is 16.9. The van der Waals surface area contributed by atoms with E-state index in [0.29, 0.717) is 29.0 Å². The smallest absolute Gasteiger partial charge is 0.343 e. The minimum Gasteiger partial charge on any atom is -0.488 e. The van der Waals surface area contributed by atoms with Crippen LogP contribution in [-0.4, -0.2) is 31.1 Å². The lowest BCUT2D eigenvalue weighted by molar-refractivity contribution is 0.0587. The van der Waals surface area contributed by atoms with Crippen molar-refractivity contribution in [1.29, 1.82) is 0 Å². The van der Waals surface area contributed by atoms with Crippen LogP contribution in [0, 0.1) is 0 Å². The van der Waals surface area contributed by atoms with Crippen molar-refractivity contribution >= 4 is 11.9 Å². The summed E-state index contributed by atoms with van der Waals surface area (Å²) < 4.78 is 15.9. The summed E-state index contributed by atoms with van der Waals surface area (Å²) in [4.78, 5) is 29.0. The molecule has 0 aliphatic carbocycles. The number of ether oxygens (including phenoxy) is 3. The van der Waals surface area contributed by atoms with Gasteiger partial charge in [-0.3, -0.25) is 4.98 Å². The summed E-state index contributed by atoms with van der Waals surface area (Å²) >= 11 is 0. The zero-order chi connectivity index (χ0) is 23.1. The third kappa shape index (κ3) is 4.97. The van der Waals surface area contributed by atoms with Gasteiger partial charge in [-0.2, -0.15) is 0 Å². The predicted molar refractivity (Wildman–Crippen MR) is 122 cm³/mol. The van der Waals surface area contributed by atoms with Crippen LogP contribution < -0.4 is 4.74 Å². The number of aryl methyl sites for hydroxylation is 2. The van der Waals surface area contributed by atoms with Gasteiger partial charge in [-0.05, 0) is 35.6 Å². The second kappa shape index (κ2) is 10.6. The highest BCUT2D eigenvalue weighted by Crippen LogP contribution is 2.27. The van der Waals surface area contributed by atoms with E-state index in [0.717, 1.165) is 28.8 Å². The molecule has 0 aliphatic heterocycles. The Kier molecular flexibility index (Phi) is 7.60. The Labute approximate surface area is 188 Å². The summed E-state index contributed by atoms with van der Waals surface area (Å²) in [7, 11) is 2.72. The fraction of sp³-hybridized carbons (Fsp3) is 0.269. The topological polar surface area (TPSA) is 74.7 Å². The highest BCUT2D eigenvalue weighted by Gasteiger charge is 2.20. The molecule has 0 saturated carbocycles. The molecule has 32 heavy (non-hydrogen) atoms. The molecule has 6 heteroatoms. The zero-order valence-corrected chi connectivity index (χ0v) is 18.8. The maximum Gasteiger partial charge on any atom is 0.343 e. The first-order valence-electron chi connectivity index (χ1n) is 10.5. The number of hydrogen-bond acceptors (Lipinski definition) is 6. The lowest BCUT2D eigenvalue weighted by atomic mass is 9.99. The molecule has 0 fully saturated rings. The minimum atomic E-state index is -0.457. The van der Waals surface area contributed by atoms with Crippen LogP contribution in [-0.2, 0) is 28.9 Å². The SMILES string of the molecule is CCc1cc(OCc2ccc(-c3ccccc3C(=O)OC)cc2)c(C(=O)OC)c(CC)n1. The van der Waals surface area contributed by atoms with E-state index in [1.807, 2.05) is 50.2 Å². The molecule has 6 nitrogen and oxygen atoms in total. The molecule has 0 saturated heterocycles. The average molecular weight is 434 g/mol. The summed E-state index contributed by atoms with van der Waals surface area (Å²) in [5.41, 5.74) is 5.03. The van der Waals surface area contributed by atoms with Gasteiger partial charge in [-0.15, -0.1) is 0 Å². The van der Waals surface area contributed by atoms with E-state index in [9.17, 15) is 9.59 Å². The quantitative estimate of drug-likeness (QED) is 0.464. The Morgan fingerprint density at radius 2 is 1.56 bits per heavy atom. The number of carbonyl (C=O) groups is 2. The number of hydrogen-bond donors (Lipinski definition) is 0. The molecule has 0 amide bonds. The number of carbonyl (C=O) groups excluding carboxylic acids is 2. The van der Waals surface area contributed by atoms with Crippen LogP contribution in [0.25, 0.3) is 11.1 Å². The van der Waals surface area contributed by atoms with Crippen LogP contribution in [0.4, 0.5) is 0 Å². The molecule has 1 heterocycles. The van der Waals surface area contributed by atoms with Gasteiger partial charge in [0.1, 0.15) is 17.9 Å². The average Bonchev–Trinajstić information content (AvgIpc) is 2.86. The van der Waals surface area contributed by atoms with Gasteiger partial charge in [0.2, 0.25) is 0 Å². The summed E-state index contributed by atoms with van der Waals surface area (Å²) in [5, 5.41) is 0. The van der Waals surface area contributed by atoms with Crippen LogP contribution in [0.15, 0.2) is 54.6 Å². The maximum atomic E-state index is 12.4. The predicted octanol–water partition coefficient (Wildman–Crippen LogP) is 5.03. The number of pyridine rings is 1. The number of nitrogens with zero attached hydrogens (tertiary/aromatic N) is 1. The van der Waals surface area contributed by atoms with Crippen LogP contribution in [0.2, 0.25) is 0 Å². The number of rotatable bonds is 8. The number of benzene rings is 2. The first-order valence-corrected chi connectivity index (χ1v) is 10.5. The van der Waals surface area contributed by atoms with Crippen molar-refractivity contribution in [1.82, 2.24) is 4.98 Å². The second-order valence-corrected chi connectivity index (χ2v) is 7.15. The molecule has 0 radical (unpaired) electrons. The summed E-state index contributed by atoms with van der Waals surface area (Å²) in [5.74, 6) is -0.359. The van der Waals surface area contributed by atoms with Gasteiger partial charge in [0.25, 0.3) is 0 Å². The van der Waals surface area contributed by atoms with E-state index in [1.165, 1.54) is 14.2 Å². The molecule has 3 rings (SSSR count). The van der Waals surface area contributed by atoms with E-state index in [-0.39, 0.29) is 12.6 Å². The molecule has 1 aromatic heterocycles. The third-order valence-corrected chi connectivity index (χ3v) is 5.19. The largest absolute Gasteiger partial charge is 0.488 e. The van der Waals surface area contributed by atoms with Crippen molar-refractivity contribution in [3.05, 3.63) is 82.7 Å². The Hall–Kier alpha value is -3.67. The molecular weight excluding hydrogens is 406 g/mol. The fourth-order valence-electron chi connectivity index (χ4n) is 3.46. The Bertz CT molecular complexity index is 1110. The summed E-state index contributed by atoms with van der Waals surface area (Å²) in [6.07, 6.45) is 1.34. The number of aromatic nitrogens is 1. The van der Waals surface area contributed by atoms with E-state index in [4.69, 9.17) is 14.2 Å². The highest BCUT2D eigenvalue weighted by molar-refractivity contribution is 5.97. The lowest BCUT2D eigenvalue weighted by Crippen LogP contribution is -2.12. The molecular formula is C26H27NO5. The molecule has 2 aromatic carbocycles. The number of methoxy groups -OCH3 is 2. The first-order chi connectivity index (χ1) is 15.5. The fourth-order valence-corrected chi connectivity index (χ4v) is 3.46. The molecule has 0 atom stereocenters. The molecule has 166 valence electrons. The Morgan fingerprint density at radius 1 is 0.875 bits per heavy atom. The van der Waals surface area contributed by atoms with Crippen LogP contribution in [0.1, 0.15) is 51.5 Å². The third-order valence-electron chi connectivity index (χ3n) is 5.19. The normalized spacial score (nSPS) is 10.5. The lowest BCUT2D eigenvalue weighted by Gasteiger charge is -2.15. The van der Waals surface area contributed by atoms with Gasteiger partial charge in [-0.1, -0.05) is 56.3 Å². The van der Waals surface area contributed by atoms with Crippen LogP contribution in [0.5, 0.6) is 5.75 Å². The van der Waals surface area contributed by atoms with Crippen LogP contribution in [0.3, 0.4) is 0 Å². The molecule has 0 N–H and O–H groups in total. The summed E-state index contributed by atoms with van der Waals surface area (Å²) in [6.45, 7) is 4.23. The molecule has 0 bridgehead atoms. The van der Waals surface area contributed by atoms with Crippen molar-refractivity contribution in [2.45, 2.75) is 33.3 Å². The van der Waals surface area contributed by atoms with Gasteiger partial charge in [-0.25, -0.2) is 9.59 Å². The van der Waals surface area contributed by atoms with E-state index >= 15 is 0 Å². The zero-order valence-electron chi connectivity index (χ0n) is 18.8. The highest BCUT2D eigenvalue weighted by atomic mass is 16.5. The van der Waals surface area contributed by atoms with Crippen molar-refractivity contribution in [2.24, 2.45) is 0 Å². The molecule has 0 unspecified atom stereocenters. The number of esters is 2. The Balaban J connectivity index is 1.85. The van der Waals surface area contributed by atoms with Gasteiger partial charge in [0, 0.05) is 11.8 Å². The van der Waals surface area contributed by atoms with Crippen molar-refractivity contribution in [3.63, 3.8) is 0 Å². The van der Waals surface area contributed by atoms with Crippen molar-refractivity contribution in [3.8, 4) is 16.9 Å². The van der Waals surface area contributed by atoms with E-state index in [1.54, 1.807) is 18.2 Å².